The van der Waals surface area contributed by atoms with Gasteiger partial charge in [0.05, 0.1) is 27.5 Å². The number of aryl methyl sites for hydroxylation is 2. The molecule has 0 saturated carbocycles. The minimum atomic E-state index is -4.60. The third-order valence-corrected chi connectivity index (χ3v) is 7.95. The van der Waals surface area contributed by atoms with Gasteiger partial charge in [0.1, 0.15) is 10.7 Å². The van der Waals surface area contributed by atoms with Gasteiger partial charge in [-0.2, -0.15) is 8.42 Å². The van der Waals surface area contributed by atoms with Crippen molar-refractivity contribution in [1.29, 1.82) is 0 Å². The van der Waals surface area contributed by atoms with E-state index in [4.69, 9.17) is 0 Å². The average molecular weight is 551 g/mol. The molecule has 3 N–H and O–H groups in total. The number of nitrogens with zero attached hydrogens (tertiary/aromatic N) is 1. The van der Waals surface area contributed by atoms with Crippen LogP contribution >= 0.6 is 0 Å². The zero-order valence-corrected chi connectivity index (χ0v) is 22.2. The predicted octanol–water partition coefficient (Wildman–Crippen LogP) is 4.31. The van der Waals surface area contributed by atoms with Gasteiger partial charge in [-0.1, -0.05) is 60.7 Å². The summed E-state index contributed by atoms with van der Waals surface area (Å²) in [7, 11) is -4.60. The normalized spacial score (nSPS) is 12.8. The van der Waals surface area contributed by atoms with Crippen LogP contribution in [0, 0.1) is 24.3 Å². The predicted molar refractivity (Wildman–Crippen MR) is 154 cm³/mol. The van der Waals surface area contributed by atoms with Crippen LogP contribution in [0.4, 0.5) is 11.4 Å². The maximum Gasteiger partial charge on any atom is 0.296 e. The Balaban J connectivity index is 1.87. The van der Waals surface area contributed by atoms with Gasteiger partial charge in [0.15, 0.2) is 5.43 Å². The van der Waals surface area contributed by atoms with E-state index >= 15 is 0 Å². The highest BCUT2D eigenvalue weighted by Gasteiger charge is 2.21. The maximum absolute atomic E-state index is 14.0. The Hall–Kier alpha value is -4.86. The van der Waals surface area contributed by atoms with Crippen molar-refractivity contribution in [3.63, 3.8) is 0 Å². The van der Waals surface area contributed by atoms with Crippen LogP contribution in [0.3, 0.4) is 0 Å². The molecular weight excluding hydrogens is 528 g/mol. The second kappa shape index (κ2) is 9.11. The van der Waals surface area contributed by atoms with E-state index in [-0.39, 0.29) is 38.1 Å². The van der Waals surface area contributed by atoms with Gasteiger partial charge < -0.3 is 10.4 Å². The number of aliphatic hydroxyl groups is 1. The molecule has 0 radical (unpaired) electrons. The quantitative estimate of drug-likeness (QED) is 0.277. The van der Waals surface area contributed by atoms with Gasteiger partial charge in [0.2, 0.25) is 0 Å². The maximum atomic E-state index is 14.0. The number of benzene rings is 4. The van der Waals surface area contributed by atoms with Gasteiger partial charge in [-0.25, -0.2) is 4.98 Å². The van der Waals surface area contributed by atoms with Crippen LogP contribution in [0.25, 0.3) is 27.4 Å². The van der Waals surface area contributed by atoms with Gasteiger partial charge in [-0.05, 0) is 48.6 Å². The number of hydrogen-bond acceptors (Lipinski definition) is 7. The Bertz CT molecular complexity index is 2340. The number of nitrogens with one attached hydrogen (secondary N) is 1. The van der Waals surface area contributed by atoms with Crippen molar-refractivity contribution >= 4 is 48.9 Å². The molecule has 4 aromatic carbocycles. The van der Waals surface area contributed by atoms with Crippen molar-refractivity contribution < 1.29 is 18.1 Å². The molecule has 0 bridgehead atoms. The molecule has 1 heterocycles. The number of aliphatic hydroxyl groups excluding tert-OH is 1. The summed E-state index contributed by atoms with van der Waals surface area (Å²) in [6.07, 6.45) is 0. The van der Waals surface area contributed by atoms with Crippen molar-refractivity contribution in [1.82, 2.24) is 4.98 Å². The lowest BCUT2D eigenvalue weighted by molar-refractivity contribution is 0.483. The molecule has 4 aromatic rings. The topological polar surface area (TPSA) is 134 Å². The van der Waals surface area contributed by atoms with E-state index in [0.717, 1.165) is 0 Å². The summed E-state index contributed by atoms with van der Waals surface area (Å²) in [5.41, 5.74) is 1.22. The second-order valence-electron chi connectivity index (χ2n) is 9.70. The Kier molecular flexibility index (Phi) is 5.79. The molecule has 0 amide bonds. The number of aromatic nitrogens is 1. The first-order valence-electron chi connectivity index (χ1n) is 12.4. The van der Waals surface area contributed by atoms with Crippen LogP contribution in [0.1, 0.15) is 16.7 Å². The van der Waals surface area contributed by atoms with Crippen LogP contribution in [-0.2, 0) is 10.1 Å². The van der Waals surface area contributed by atoms with E-state index < -0.39 is 15.7 Å². The van der Waals surface area contributed by atoms with E-state index in [0.29, 0.717) is 43.4 Å². The van der Waals surface area contributed by atoms with Gasteiger partial charge >= 0.3 is 0 Å². The highest BCUT2D eigenvalue weighted by molar-refractivity contribution is 7.86. The third-order valence-electron chi connectivity index (χ3n) is 7.05. The average Bonchev–Trinajstić information content (AvgIpc) is 2.93. The molecule has 0 saturated heterocycles. The molecule has 0 spiro atoms. The Morgan fingerprint density at radius 3 is 2.20 bits per heavy atom. The van der Waals surface area contributed by atoms with Crippen molar-refractivity contribution in [3.8, 4) is 0 Å². The number of rotatable bonds is 4. The van der Waals surface area contributed by atoms with Gasteiger partial charge in [-0.15, -0.1) is 0 Å². The molecule has 40 heavy (non-hydrogen) atoms. The molecular formula is C31H22N2O6S. The molecule has 0 aromatic heterocycles. The Labute approximate surface area is 227 Å². The van der Waals surface area contributed by atoms with Crippen LogP contribution in [0.2, 0.25) is 0 Å². The molecule has 8 nitrogen and oxygen atoms in total. The minimum Gasteiger partial charge on any atom is -0.506 e. The van der Waals surface area contributed by atoms with Crippen LogP contribution in [0.15, 0.2) is 93.3 Å². The van der Waals surface area contributed by atoms with E-state index in [1.165, 1.54) is 12.1 Å². The lowest BCUT2D eigenvalue weighted by atomic mass is 9.95. The van der Waals surface area contributed by atoms with Crippen LogP contribution < -0.4 is 21.5 Å². The summed E-state index contributed by atoms with van der Waals surface area (Å²) in [6.45, 7) is 3.42. The van der Waals surface area contributed by atoms with Gasteiger partial charge in [-0.3, -0.25) is 14.1 Å². The summed E-state index contributed by atoms with van der Waals surface area (Å²) in [4.78, 5) is 31.4. The van der Waals surface area contributed by atoms with E-state index in [1.54, 1.807) is 80.6 Å². The monoisotopic (exact) mass is 550 g/mol. The molecule has 1 aliphatic carbocycles. The largest absolute Gasteiger partial charge is 0.506 e. The number of hydrogen-bond donors (Lipinski definition) is 3. The van der Waals surface area contributed by atoms with Crippen LogP contribution in [-0.4, -0.2) is 23.1 Å². The second-order valence-corrected chi connectivity index (χ2v) is 11.1. The summed E-state index contributed by atoms with van der Waals surface area (Å²) in [6, 6.07) is 21.5. The highest BCUT2D eigenvalue weighted by Crippen LogP contribution is 2.32. The van der Waals surface area contributed by atoms with Crippen molar-refractivity contribution in [3.05, 3.63) is 132 Å². The first-order valence-corrected chi connectivity index (χ1v) is 13.8. The highest BCUT2D eigenvalue weighted by atomic mass is 32.2. The fourth-order valence-corrected chi connectivity index (χ4v) is 6.00. The van der Waals surface area contributed by atoms with Gasteiger partial charge in [0, 0.05) is 21.4 Å². The molecule has 1 aliphatic heterocycles. The fraction of sp³-hybridized carbons (Fsp3) is 0.0645. The SMILES string of the molecule is Cc1ccc(Nc2cc(C)c3nc(=O)/c(=C(\O)c4ccccc4)c4c5ccccc5c(=O)c2c3=4)c(S(=O)(=O)O)c1. The lowest BCUT2D eigenvalue weighted by Crippen LogP contribution is -2.33. The fourth-order valence-electron chi connectivity index (χ4n) is 5.27. The lowest BCUT2D eigenvalue weighted by Gasteiger charge is -2.16. The standard InChI is InChI=1S/C31H22N2O6S/c1-16-12-13-21(23(14-16)40(37,38)39)32-22-15-17(2)28-26-24(19-10-6-7-11-20(19)30(35)25(22)26)27(31(36)33-28)29(34)18-8-4-3-5-9-18/h3-15,32,34H,1-2H3,(H,37,38,39)/b29-27-. The zero-order valence-electron chi connectivity index (χ0n) is 21.4. The smallest absolute Gasteiger partial charge is 0.296 e. The number of anilines is 2. The first kappa shape index (κ1) is 25.4. The zero-order chi connectivity index (χ0) is 28.3. The van der Waals surface area contributed by atoms with E-state index in [1.807, 2.05) is 0 Å². The van der Waals surface area contributed by atoms with Crippen LogP contribution in [0.5, 0.6) is 0 Å². The summed E-state index contributed by atoms with van der Waals surface area (Å²) in [5, 5.41) is 16.1. The van der Waals surface area contributed by atoms with E-state index in [2.05, 4.69) is 10.3 Å². The third kappa shape index (κ3) is 3.95. The molecule has 2 aliphatic rings. The summed E-state index contributed by atoms with van der Waals surface area (Å²) in [5.74, 6) is -0.270. The first-order chi connectivity index (χ1) is 19.1. The summed E-state index contributed by atoms with van der Waals surface area (Å²) >= 11 is 0. The van der Waals surface area contributed by atoms with Crippen molar-refractivity contribution in [2.45, 2.75) is 18.7 Å². The molecule has 198 valence electrons. The minimum absolute atomic E-state index is 0.0367. The van der Waals surface area contributed by atoms with E-state index in [9.17, 15) is 27.7 Å². The molecule has 0 fully saturated rings. The molecule has 0 atom stereocenters. The molecule has 6 rings (SSSR count). The Morgan fingerprint density at radius 2 is 1.50 bits per heavy atom. The van der Waals surface area contributed by atoms with Crippen molar-refractivity contribution in [2.24, 2.45) is 0 Å². The van der Waals surface area contributed by atoms with Gasteiger partial charge in [0.25, 0.3) is 15.7 Å². The number of fused-ring (bicyclic) bond motifs is 2. The molecule has 0 unspecified atom stereocenters. The van der Waals surface area contributed by atoms with Crippen molar-refractivity contribution in [2.75, 3.05) is 5.32 Å². The molecule has 9 heteroatoms. The summed E-state index contributed by atoms with van der Waals surface area (Å²) < 4.78 is 34.3. The Morgan fingerprint density at radius 1 is 0.825 bits per heavy atom.